The molecule has 0 saturated carbocycles. The second-order valence-corrected chi connectivity index (χ2v) is 10.3. The second kappa shape index (κ2) is 5.69. The van der Waals surface area contributed by atoms with Crippen molar-refractivity contribution < 1.29 is 0 Å². The van der Waals surface area contributed by atoms with Gasteiger partial charge in [-0.2, -0.15) is 16.6 Å². The van der Waals surface area contributed by atoms with Crippen molar-refractivity contribution in [1.82, 2.24) is 0 Å². The van der Waals surface area contributed by atoms with Crippen molar-refractivity contribution in [1.29, 1.82) is 5.26 Å². The van der Waals surface area contributed by atoms with E-state index in [2.05, 4.69) is 61.1 Å². The molecule has 0 aliphatic heterocycles. The minimum Gasteiger partial charge on any atom is -0.192 e. The van der Waals surface area contributed by atoms with Gasteiger partial charge in [0.2, 0.25) is 0 Å². The fourth-order valence-electron chi connectivity index (χ4n) is 2.76. The number of thiophene rings is 1. The molecule has 0 aliphatic rings. The molecule has 0 bridgehead atoms. The van der Waals surface area contributed by atoms with Crippen molar-refractivity contribution in [3.63, 3.8) is 0 Å². The summed E-state index contributed by atoms with van der Waals surface area (Å²) in [6, 6.07) is 25.5. The molecule has 0 aliphatic carbocycles. The first-order valence-electron chi connectivity index (χ1n) is 6.86. The van der Waals surface area contributed by atoms with Crippen molar-refractivity contribution in [3.8, 4) is 6.07 Å². The predicted octanol–water partition coefficient (Wildman–Crippen LogP) is 2.72. The van der Waals surface area contributed by atoms with Crippen LogP contribution in [0.25, 0.3) is 0 Å². The highest BCUT2D eigenvalue weighted by atomic mass is 32.1. The number of hydrogen-bond donors (Lipinski definition) is 0. The predicted molar refractivity (Wildman–Crippen MR) is 92.4 cm³/mol. The molecule has 3 heteroatoms. The quantitative estimate of drug-likeness (QED) is 0.683. The third kappa shape index (κ3) is 2.33. The molecule has 1 nitrogen and oxygen atoms in total. The highest BCUT2D eigenvalue weighted by Gasteiger charge is 2.37. The van der Waals surface area contributed by atoms with Gasteiger partial charge in [-0.05, 0) is 21.8 Å². The third-order valence-electron chi connectivity index (χ3n) is 3.94. The summed E-state index contributed by atoms with van der Waals surface area (Å²) in [5.74, 6) is 0. The summed E-state index contributed by atoms with van der Waals surface area (Å²) in [5.41, 5.74) is 0.821. The Kier molecular flexibility index (Phi) is 3.74. The molecule has 3 aromatic rings. The lowest BCUT2D eigenvalue weighted by Crippen LogP contribution is -2.64. The summed E-state index contributed by atoms with van der Waals surface area (Å²) in [4.78, 5) is 0. The van der Waals surface area contributed by atoms with Crippen LogP contribution < -0.4 is 14.9 Å². The van der Waals surface area contributed by atoms with Crippen LogP contribution in [0.2, 0.25) is 6.55 Å². The van der Waals surface area contributed by atoms with Gasteiger partial charge in [-0.1, -0.05) is 67.2 Å². The Hall–Kier alpha value is -2.15. The average Bonchev–Trinajstić information content (AvgIpc) is 3.05. The number of nitrogens with zero attached hydrogens (tertiary/aromatic N) is 1. The third-order valence-corrected chi connectivity index (χ3v) is 10.4. The van der Waals surface area contributed by atoms with E-state index in [1.54, 1.807) is 11.3 Å². The molecule has 0 saturated heterocycles. The fraction of sp³-hybridized carbons (Fsp3) is 0.0556. The van der Waals surface area contributed by atoms with Gasteiger partial charge < -0.3 is 0 Å². The zero-order valence-corrected chi connectivity index (χ0v) is 13.6. The fourth-order valence-corrected chi connectivity index (χ4v) is 8.45. The van der Waals surface area contributed by atoms with Gasteiger partial charge in [-0.3, -0.25) is 0 Å². The highest BCUT2D eigenvalue weighted by Crippen LogP contribution is 2.14. The summed E-state index contributed by atoms with van der Waals surface area (Å²) in [6.45, 7) is 2.34. The van der Waals surface area contributed by atoms with Gasteiger partial charge in [-0.25, -0.2) is 0 Å². The Morgan fingerprint density at radius 2 is 1.38 bits per heavy atom. The van der Waals surface area contributed by atoms with Crippen molar-refractivity contribution in [2.75, 3.05) is 0 Å². The van der Waals surface area contributed by atoms with Crippen LogP contribution in [0.1, 0.15) is 5.56 Å². The van der Waals surface area contributed by atoms with E-state index in [0.717, 1.165) is 5.56 Å². The molecule has 3 rings (SSSR count). The molecular formula is C18H15NSSi. The normalized spacial score (nSPS) is 11.0. The van der Waals surface area contributed by atoms with E-state index in [-0.39, 0.29) is 0 Å². The van der Waals surface area contributed by atoms with Gasteiger partial charge in [0.25, 0.3) is 0 Å². The number of rotatable bonds is 3. The molecule has 0 fully saturated rings. The second-order valence-electron chi connectivity index (χ2n) is 5.13. The first kappa shape index (κ1) is 13.8. The van der Waals surface area contributed by atoms with Crippen molar-refractivity contribution >= 4 is 34.3 Å². The lowest BCUT2D eigenvalue weighted by Gasteiger charge is -2.28. The van der Waals surface area contributed by atoms with Crippen LogP contribution in [0.15, 0.2) is 72.1 Å². The van der Waals surface area contributed by atoms with Crippen LogP contribution in [-0.2, 0) is 0 Å². The monoisotopic (exact) mass is 305 g/mol. The molecule has 0 spiro atoms. The number of benzene rings is 2. The van der Waals surface area contributed by atoms with Crippen LogP contribution >= 0.6 is 11.3 Å². The maximum Gasteiger partial charge on any atom is 0.159 e. The summed E-state index contributed by atoms with van der Waals surface area (Å²) >= 11 is 1.71. The van der Waals surface area contributed by atoms with Crippen LogP contribution in [0.3, 0.4) is 0 Å². The molecule has 2 aromatic carbocycles. The molecule has 0 amide bonds. The van der Waals surface area contributed by atoms with E-state index in [1.165, 1.54) is 14.9 Å². The molecule has 102 valence electrons. The first-order valence-corrected chi connectivity index (χ1v) is 10.2. The van der Waals surface area contributed by atoms with Crippen molar-refractivity contribution in [2.24, 2.45) is 0 Å². The van der Waals surface area contributed by atoms with Gasteiger partial charge in [0.15, 0.2) is 8.07 Å². The zero-order valence-electron chi connectivity index (χ0n) is 11.8. The molecule has 1 heterocycles. The Morgan fingerprint density at radius 1 is 0.857 bits per heavy atom. The van der Waals surface area contributed by atoms with Crippen LogP contribution in [0, 0.1) is 11.3 Å². The van der Waals surface area contributed by atoms with Gasteiger partial charge >= 0.3 is 0 Å². The molecule has 21 heavy (non-hydrogen) atoms. The topological polar surface area (TPSA) is 23.8 Å². The van der Waals surface area contributed by atoms with E-state index >= 15 is 0 Å². The maximum absolute atomic E-state index is 9.44. The van der Waals surface area contributed by atoms with Gasteiger partial charge in [0.1, 0.15) is 0 Å². The van der Waals surface area contributed by atoms with E-state index in [9.17, 15) is 5.26 Å². The van der Waals surface area contributed by atoms with Gasteiger partial charge in [0.05, 0.1) is 11.6 Å². The van der Waals surface area contributed by atoms with E-state index < -0.39 is 8.07 Å². The lowest BCUT2D eigenvalue weighted by atomic mass is 10.4. The summed E-state index contributed by atoms with van der Waals surface area (Å²) in [6.07, 6.45) is 0. The van der Waals surface area contributed by atoms with Crippen LogP contribution in [0.4, 0.5) is 0 Å². The smallest absolute Gasteiger partial charge is 0.159 e. The van der Waals surface area contributed by atoms with E-state index in [0.29, 0.717) is 0 Å². The Morgan fingerprint density at radius 3 is 1.86 bits per heavy atom. The summed E-state index contributed by atoms with van der Waals surface area (Å²) in [7, 11) is -2.10. The molecule has 0 unspecified atom stereocenters. The first-order chi connectivity index (χ1) is 10.3. The van der Waals surface area contributed by atoms with Crippen molar-refractivity contribution in [2.45, 2.75) is 6.55 Å². The SMILES string of the molecule is C[Si](c1ccccc1)(c1ccccc1)c1sccc1C#N. The summed E-state index contributed by atoms with van der Waals surface area (Å²) < 4.78 is 1.24. The molecule has 0 atom stereocenters. The van der Waals surface area contributed by atoms with Crippen molar-refractivity contribution in [3.05, 3.63) is 77.7 Å². The molecule has 0 N–H and O–H groups in total. The van der Waals surface area contributed by atoms with E-state index in [4.69, 9.17) is 0 Å². The zero-order chi connectivity index (χ0) is 14.7. The number of hydrogen-bond acceptors (Lipinski definition) is 2. The maximum atomic E-state index is 9.44. The Labute approximate surface area is 130 Å². The molecular weight excluding hydrogens is 290 g/mol. The largest absolute Gasteiger partial charge is 0.192 e. The Bertz CT molecular complexity index is 732. The van der Waals surface area contributed by atoms with Gasteiger partial charge in [0, 0.05) is 4.50 Å². The van der Waals surface area contributed by atoms with E-state index in [1.807, 2.05) is 23.6 Å². The summed E-state index contributed by atoms with van der Waals surface area (Å²) in [5, 5.41) is 14.2. The average molecular weight is 305 g/mol. The standard InChI is InChI=1S/C18H15NSSi/c1-21(16-8-4-2-5-9-16,17-10-6-3-7-11-17)18-15(14-19)12-13-20-18/h2-13H,1H3. The minimum atomic E-state index is -2.10. The van der Waals surface area contributed by atoms with Crippen LogP contribution in [0.5, 0.6) is 0 Å². The molecule has 1 aromatic heterocycles. The van der Waals surface area contributed by atoms with Gasteiger partial charge in [-0.15, -0.1) is 0 Å². The lowest BCUT2D eigenvalue weighted by molar-refractivity contribution is 1.51. The minimum absolute atomic E-state index is 0.821. The Balaban J connectivity index is 2.29. The highest BCUT2D eigenvalue weighted by molar-refractivity contribution is 7.31. The number of nitriles is 1. The van der Waals surface area contributed by atoms with Crippen LogP contribution in [-0.4, -0.2) is 8.07 Å². The molecule has 0 radical (unpaired) electrons.